The Labute approximate surface area is 93.6 Å². The summed E-state index contributed by atoms with van der Waals surface area (Å²) < 4.78 is 1.08. The Bertz CT molecular complexity index is 319. The van der Waals surface area contributed by atoms with Crippen molar-refractivity contribution in [1.29, 1.82) is 0 Å². The molecule has 0 aliphatic heterocycles. The molecule has 0 aromatic heterocycles. The van der Waals surface area contributed by atoms with Crippen LogP contribution < -0.4 is 0 Å². The van der Waals surface area contributed by atoms with Crippen molar-refractivity contribution in [2.75, 3.05) is 0 Å². The van der Waals surface area contributed by atoms with Crippen molar-refractivity contribution in [3.63, 3.8) is 0 Å². The van der Waals surface area contributed by atoms with Crippen molar-refractivity contribution in [3.8, 4) is 0 Å². The van der Waals surface area contributed by atoms with Gasteiger partial charge in [-0.1, -0.05) is 0 Å². The molecule has 0 aromatic carbocycles. The molecule has 0 amide bonds. The minimum atomic E-state index is -0.793. The van der Waals surface area contributed by atoms with Gasteiger partial charge in [-0.05, 0) is 0 Å². The Morgan fingerprint density at radius 3 is 2.50 bits per heavy atom. The third kappa shape index (κ3) is 1.37. The van der Waals surface area contributed by atoms with Gasteiger partial charge in [0, 0.05) is 0 Å². The summed E-state index contributed by atoms with van der Waals surface area (Å²) in [6.07, 6.45) is 6.42. The monoisotopic (exact) mass is 254 g/mol. The van der Waals surface area contributed by atoms with Crippen molar-refractivity contribution in [2.45, 2.75) is 27.2 Å². The van der Waals surface area contributed by atoms with Crippen LogP contribution in [0, 0.1) is 10.8 Å². The van der Waals surface area contributed by atoms with E-state index in [2.05, 4.69) is 16.9 Å². The summed E-state index contributed by atoms with van der Waals surface area (Å²) in [6, 6.07) is 0. The van der Waals surface area contributed by atoms with Gasteiger partial charge < -0.3 is 0 Å². The van der Waals surface area contributed by atoms with E-state index in [-0.39, 0.29) is 5.41 Å². The van der Waals surface area contributed by atoms with Crippen LogP contribution in [0.3, 0.4) is 0 Å². The fourth-order valence-electron chi connectivity index (χ4n) is 1.82. The molecule has 14 heavy (non-hydrogen) atoms. The topological polar surface area (TPSA) is 37.3 Å². The number of carboxylic acids is 1. The summed E-state index contributed by atoms with van der Waals surface area (Å²) >= 11 is 2.49. The average Bonchev–Trinajstić information content (AvgIpc) is 2.13. The second-order valence-corrected chi connectivity index (χ2v) is 5.12. The van der Waals surface area contributed by atoms with E-state index < -0.39 is 11.4 Å². The van der Waals surface area contributed by atoms with E-state index >= 15 is 0 Å². The van der Waals surface area contributed by atoms with E-state index in [1.54, 1.807) is 13.0 Å². The average molecular weight is 254 g/mol. The van der Waals surface area contributed by atoms with Gasteiger partial charge in [0.25, 0.3) is 0 Å². The van der Waals surface area contributed by atoms with Crippen molar-refractivity contribution in [2.24, 2.45) is 10.8 Å². The fraction of sp³-hybridized carbons (Fsp3) is 0.545. The number of rotatable bonds is 2. The van der Waals surface area contributed by atoms with Crippen LogP contribution in [0.1, 0.15) is 27.2 Å². The summed E-state index contributed by atoms with van der Waals surface area (Å²) in [5.41, 5.74) is -1.09. The van der Waals surface area contributed by atoms with E-state index in [9.17, 15) is 9.90 Å². The van der Waals surface area contributed by atoms with Gasteiger partial charge in [0.05, 0.1) is 0 Å². The number of aliphatic carboxylic acids is 1. The van der Waals surface area contributed by atoms with Crippen molar-refractivity contribution in [3.05, 3.63) is 22.6 Å². The maximum absolute atomic E-state index is 11.3. The maximum atomic E-state index is 11.3. The molecular formula is C11H15AsO2. The number of hydrogen-bond donors (Lipinski definition) is 1. The summed E-state index contributed by atoms with van der Waals surface area (Å²) in [5, 5.41) is 9.30. The Morgan fingerprint density at radius 2 is 2.14 bits per heavy atom. The second kappa shape index (κ2) is 3.58. The molecular weight excluding hydrogens is 239 g/mol. The van der Waals surface area contributed by atoms with Crippen LogP contribution >= 0.6 is 0 Å². The third-order valence-corrected chi connectivity index (χ3v) is 4.89. The molecule has 0 aromatic rings. The molecule has 1 rings (SSSR count). The molecule has 0 heterocycles. The molecule has 0 spiro atoms. The first kappa shape index (κ1) is 11.6. The summed E-state index contributed by atoms with van der Waals surface area (Å²) in [4.78, 5) is 11.3. The molecule has 2 atom stereocenters. The Kier molecular flexibility index (Phi) is 2.96. The normalized spacial score (nSPS) is 36.7. The number of allylic oxidation sites excluding steroid dienone is 3. The van der Waals surface area contributed by atoms with Gasteiger partial charge in [-0.25, -0.2) is 0 Å². The van der Waals surface area contributed by atoms with Crippen molar-refractivity contribution >= 4 is 22.8 Å². The summed E-state index contributed by atoms with van der Waals surface area (Å²) in [5.74, 6) is -0.755. The van der Waals surface area contributed by atoms with Crippen LogP contribution in [0.25, 0.3) is 0 Å². The Morgan fingerprint density at radius 1 is 1.57 bits per heavy atom. The zero-order valence-electron chi connectivity index (χ0n) is 8.74. The van der Waals surface area contributed by atoms with Gasteiger partial charge in [0.1, 0.15) is 0 Å². The fourth-order valence-corrected chi connectivity index (χ4v) is 2.82. The van der Waals surface area contributed by atoms with E-state index in [0.29, 0.717) is 0 Å². The predicted octanol–water partition coefficient (Wildman–Crippen LogP) is 2.12. The Balaban J connectivity index is 3.28. The molecule has 1 N–H and O–H groups in total. The van der Waals surface area contributed by atoms with Gasteiger partial charge in [0.2, 0.25) is 0 Å². The molecule has 76 valence electrons. The van der Waals surface area contributed by atoms with E-state index in [0.717, 1.165) is 10.8 Å². The molecule has 0 bridgehead atoms. The minimum absolute atomic E-state index is 0.298. The molecule has 1 aliphatic carbocycles. The molecule has 2 radical (unpaired) electrons. The quantitative estimate of drug-likeness (QED) is 0.766. The van der Waals surface area contributed by atoms with Gasteiger partial charge in [-0.15, -0.1) is 0 Å². The molecule has 0 saturated heterocycles. The zero-order chi connectivity index (χ0) is 11.0. The first-order valence-electron chi connectivity index (χ1n) is 4.71. The van der Waals surface area contributed by atoms with Gasteiger partial charge in [-0.2, -0.15) is 0 Å². The van der Waals surface area contributed by atoms with Crippen LogP contribution in [-0.2, 0) is 4.79 Å². The molecule has 3 heteroatoms. The van der Waals surface area contributed by atoms with Gasteiger partial charge in [-0.3, -0.25) is 0 Å². The van der Waals surface area contributed by atoms with Crippen molar-refractivity contribution in [1.82, 2.24) is 0 Å². The van der Waals surface area contributed by atoms with Crippen LogP contribution in [-0.4, -0.2) is 27.9 Å². The first-order valence-corrected chi connectivity index (χ1v) is 5.64. The van der Waals surface area contributed by atoms with Gasteiger partial charge in [0.15, 0.2) is 0 Å². The summed E-state index contributed by atoms with van der Waals surface area (Å²) in [6.45, 7) is 5.83. The molecule has 2 unspecified atom stereocenters. The summed E-state index contributed by atoms with van der Waals surface area (Å²) in [7, 11) is 0. The second-order valence-electron chi connectivity index (χ2n) is 4.10. The zero-order valence-corrected chi connectivity index (χ0v) is 10.6. The molecule has 0 saturated carbocycles. The van der Waals surface area contributed by atoms with E-state index in [1.807, 2.05) is 26.0 Å². The van der Waals surface area contributed by atoms with Crippen LogP contribution in [0.15, 0.2) is 22.6 Å². The van der Waals surface area contributed by atoms with Gasteiger partial charge >= 0.3 is 93.3 Å². The molecule has 2 nitrogen and oxygen atoms in total. The standard InChI is InChI=1S/C11H15AsO2/c1-4-10(2)8(12)6-5-7-11(10,3)9(13)14/h5-7H,4H2,1-3H3,(H,13,14). The third-order valence-electron chi connectivity index (χ3n) is 3.55. The first-order chi connectivity index (χ1) is 6.38. The van der Waals surface area contributed by atoms with Crippen LogP contribution in [0.4, 0.5) is 0 Å². The Hall–Kier alpha value is -0.492. The van der Waals surface area contributed by atoms with Crippen LogP contribution in [0.5, 0.6) is 0 Å². The number of carbonyl (C=O) groups is 1. The number of hydrogen-bond acceptors (Lipinski definition) is 1. The van der Waals surface area contributed by atoms with E-state index in [1.165, 1.54) is 0 Å². The molecule has 0 fully saturated rings. The number of carboxylic acid groups (broad SMARTS) is 1. The molecule has 1 aliphatic rings. The van der Waals surface area contributed by atoms with Crippen molar-refractivity contribution < 1.29 is 9.90 Å². The van der Waals surface area contributed by atoms with E-state index in [4.69, 9.17) is 0 Å². The van der Waals surface area contributed by atoms with Crippen LogP contribution in [0.2, 0.25) is 0 Å². The SMILES string of the molecule is CCC1(C)C([As])=CC=CC1(C)C(=O)O. The predicted molar refractivity (Wildman–Crippen MR) is 57.1 cm³/mol.